The molecular weight excluding hydrogens is 434 g/mol. The van der Waals surface area contributed by atoms with Crippen LogP contribution in [-0.4, -0.2) is 48.4 Å². The molecule has 3 rings (SSSR count). The maximum atomic E-state index is 12.9. The van der Waals surface area contributed by atoms with Crippen LogP contribution in [0.4, 0.5) is 0 Å². The van der Waals surface area contributed by atoms with Crippen molar-refractivity contribution >= 4 is 21.8 Å². The van der Waals surface area contributed by atoms with Crippen molar-refractivity contribution in [3.8, 4) is 22.8 Å². The molecule has 1 aromatic heterocycles. The molecular formula is C22H24BrN3O3. The molecule has 0 unspecified atom stereocenters. The van der Waals surface area contributed by atoms with Crippen molar-refractivity contribution in [2.45, 2.75) is 6.42 Å². The first-order valence-corrected chi connectivity index (χ1v) is 9.98. The molecule has 6 nitrogen and oxygen atoms in total. The third-order valence-corrected chi connectivity index (χ3v) is 5.40. The number of benzene rings is 2. The van der Waals surface area contributed by atoms with Crippen LogP contribution < -0.4 is 9.47 Å². The minimum atomic E-state index is -0.0626. The second-order valence-electron chi connectivity index (χ2n) is 6.71. The standard InChI is InChI=1S/C22H24BrN3O3/c1-25(12-11-15-5-10-21(29-4)18(23)13-15)22(27)20-14-19(24-26(20)2)16-6-8-17(28-3)9-7-16/h5-10,13-14H,11-12H2,1-4H3. The molecule has 0 aliphatic carbocycles. The van der Waals surface area contributed by atoms with Gasteiger partial charge in [-0.1, -0.05) is 6.07 Å². The molecule has 0 aliphatic heterocycles. The lowest BCUT2D eigenvalue weighted by molar-refractivity contribution is 0.0786. The quantitative estimate of drug-likeness (QED) is 0.533. The van der Waals surface area contributed by atoms with Gasteiger partial charge in [-0.2, -0.15) is 5.10 Å². The van der Waals surface area contributed by atoms with E-state index in [9.17, 15) is 4.79 Å². The molecule has 2 aromatic carbocycles. The summed E-state index contributed by atoms with van der Waals surface area (Å²) >= 11 is 3.50. The first-order valence-electron chi connectivity index (χ1n) is 9.19. The van der Waals surface area contributed by atoms with Crippen molar-refractivity contribution in [1.29, 1.82) is 0 Å². The number of hydrogen-bond acceptors (Lipinski definition) is 4. The van der Waals surface area contributed by atoms with Gasteiger partial charge in [0.2, 0.25) is 0 Å². The first kappa shape index (κ1) is 20.9. The van der Waals surface area contributed by atoms with Gasteiger partial charge in [0.05, 0.1) is 24.4 Å². The molecule has 3 aromatic rings. The second-order valence-corrected chi connectivity index (χ2v) is 7.57. The van der Waals surface area contributed by atoms with Crippen molar-refractivity contribution in [2.75, 3.05) is 27.8 Å². The lowest BCUT2D eigenvalue weighted by Crippen LogP contribution is -2.30. The van der Waals surface area contributed by atoms with Crippen LogP contribution in [0.3, 0.4) is 0 Å². The predicted octanol–water partition coefficient (Wildman–Crippen LogP) is 4.18. The lowest BCUT2D eigenvalue weighted by atomic mass is 10.1. The van der Waals surface area contributed by atoms with E-state index in [0.717, 1.165) is 39.2 Å². The van der Waals surface area contributed by atoms with Crippen LogP contribution in [0.25, 0.3) is 11.3 Å². The van der Waals surface area contributed by atoms with Gasteiger partial charge in [-0.15, -0.1) is 0 Å². The Morgan fingerprint density at radius 3 is 2.45 bits per heavy atom. The molecule has 0 aliphatic rings. The number of carbonyl (C=O) groups is 1. The van der Waals surface area contributed by atoms with Gasteiger partial charge in [0.25, 0.3) is 5.91 Å². The summed E-state index contributed by atoms with van der Waals surface area (Å²) in [5.74, 6) is 1.51. The van der Waals surface area contributed by atoms with E-state index < -0.39 is 0 Å². The summed E-state index contributed by atoms with van der Waals surface area (Å²) in [5.41, 5.74) is 3.37. The van der Waals surface area contributed by atoms with Crippen molar-refractivity contribution in [2.24, 2.45) is 7.05 Å². The van der Waals surface area contributed by atoms with E-state index in [2.05, 4.69) is 21.0 Å². The number of halogens is 1. The molecule has 7 heteroatoms. The highest BCUT2D eigenvalue weighted by atomic mass is 79.9. The van der Waals surface area contributed by atoms with Crippen molar-refractivity contribution in [1.82, 2.24) is 14.7 Å². The number of aryl methyl sites for hydroxylation is 1. The Bertz CT molecular complexity index is 999. The summed E-state index contributed by atoms with van der Waals surface area (Å²) in [7, 11) is 6.86. The molecule has 0 fully saturated rings. The SMILES string of the molecule is COc1ccc(-c2cc(C(=O)N(C)CCc3ccc(OC)c(Br)c3)n(C)n2)cc1. The van der Waals surface area contributed by atoms with E-state index in [-0.39, 0.29) is 5.91 Å². The molecule has 0 atom stereocenters. The number of rotatable bonds is 7. The molecule has 0 radical (unpaired) electrons. The van der Waals surface area contributed by atoms with Crippen LogP contribution in [0.5, 0.6) is 11.5 Å². The maximum absolute atomic E-state index is 12.9. The Hall–Kier alpha value is -2.80. The largest absolute Gasteiger partial charge is 0.497 e. The number of nitrogens with zero attached hydrogens (tertiary/aromatic N) is 3. The van der Waals surface area contributed by atoms with E-state index in [4.69, 9.17) is 9.47 Å². The van der Waals surface area contributed by atoms with Crippen molar-refractivity contribution in [3.05, 3.63) is 64.3 Å². The van der Waals surface area contributed by atoms with Crippen LogP contribution in [0.1, 0.15) is 16.1 Å². The highest BCUT2D eigenvalue weighted by Crippen LogP contribution is 2.26. The predicted molar refractivity (Wildman–Crippen MR) is 117 cm³/mol. The average molecular weight is 458 g/mol. The molecule has 0 spiro atoms. The number of aromatic nitrogens is 2. The molecule has 1 heterocycles. The summed E-state index contributed by atoms with van der Waals surface area (Å²) in [6, 6.07) is 15.4. The summed E-state index contributed by atoms with van der Waals surface area (Å²) in [6.45, 7) is 0.598. The number of amides is 1. The van der Waals surface area contributed by atoms with Gasteiger partial charge in [-0.3, -0.25) is 9.48 Å². The molecule has 0 saturated heterocycles. The monoisotopic (exact) mass is 457 g/mol. The minimum absolute atomic E-state index is 0.0626. The fourth-order valence-electron chi connectivity index (χ4n) is 3.03. The Morgan fingerprint density at radius 2 is 1.83 bits per heavy atom. The van der Waals surface area contributed by atoms with Crippen molar-refractivity contribution < 1.29 is 14.3 Å². The number of likely N-dealkylation sites (N-methyl/N-ethyl adjacent to an activating group) is 1. The summed E-state index contributed by atoms with van der Waals surface area (Å²) in [5, 5.41) is 4.50. The van der Waals surface area contributed by atoms with E-state index in [1.807, 2.05) is 48.5 Å². The van der Waals surface area contributed by atoms with Crippen LogP contribution in [0.2, 0.25) is 0 Å². The zero-order chi connectivity index (χ0) is 21.0. The van der Waals surface area contributed by atoms with Gasteiger partial charge >= 0.3 is 0 Å². The van der Waals surface area contributed by atoms with Gasteiger partial charge in [-0.05, 0) is 70.4 Å². The Kier molecular flexibility index (Phi) is 6.59. The molecule has 1 amide bonds. The zero-order valence-corrected chi connectivity index (χ0v) is 18.6. The van der Waals surface area contributed by atoms with Crippen LogP contribution in [0.15, 0.2) is 53.0 Å². The molecule has 0 N–H and O–H groups in total. The summed E-state index contributed by atoms with van der Waals surface area (Å²) in [4.78, 5) is 14.6. The number of ether oxygens (including phenoxy) is 2. The first-order chi connectivity index (χ1) is 13.9. The molecule has 0 bridgehead atoms. The third kappa shape index (κ3) is 4.79. The van der Waals surface area contributed by atoms with Gasteiger partial charge in [0, 0.05) is 26.2 Å². The van der Waals surface area contributed by atoms with E-state index in [1.165, 1.54) is 0 Å². The topological polar surface area (TPSA) is 56.6 Å². The van der Waals surface area contributed by atoms with E-state index >= 15 is 0 Å². The zero-order valence-electron chi connectivity index (χ0n) is 17.0. The van der Waals surface area contributed by atoms with E-state index in [0.29, 0.717) is 12.2 Å². The van der Waals surface area contributed by atoms with E-state index in [1.54, 1.807) is 37.9 Å². The van der Waals surface area contributed by atoms with Crippen LogP contribution >= 0.6 is 15.9 Å². The highest BCUT2D eigenvalue weighted by molar-refractivity contribution is 9.10. The van der Waals surface area contributed by atoms with Gasteiger partial charge in [0.1, 0.15) is 17.2 Å². The summed E-state index contributed by atoms with van der Waals surface area (Å²) < 4.78 is 13.0. The maximum Gasteiger partial charge on any atom is 0.271 e. The molecule has 0 saturated carbocycles. The minimum Gasteiger partial charge on any atom is -0.497 e. The lowest BCUT2D eigenvalue weighted by Gasteiger charge is -2.17. The Morgan fingerprint density at radius 1 is 1.10 bits per heavy atom. The van der Waals surface area contributed by atoms with Crippen molar-refractivity contribution in [3.63, 3.8) is 0 Å². The smallest absolute Gasteiger partial charge is 0.271 e. The van der Waals surface area contributed by atoms with Crippen LogP contribution in [0, 0.1) is 0 Å². The van der Waals surface area contributed by atoms with Gasteiger partial charge in [0.15, 0.2) is 0 Å². The second kappa shape index (κ2) is 9.13. The van der Waals surface area contributed by atoms with Crippen LogP contribution in [-0.2, 0) is 13.5 Å². The van der Waals surface area contributed by atoms with Gasteiger partial charge < -0.3 is 14.4 Å². The number of carbonyl (C=O) groups excluding carboxylic acids is 1. The summed E-state index contributed by atoms with van der Waals surface area (Å²) in [6.07, 6.45) is 0.744. The Labute approximate surface area is 179 Å². The average Bonchev–Trinajstić information content (AvgIpc) is 3.13. The normalized spacial score (nSPS) is 10.7. The Balaban J connectivity index is 1.69. The number of hydrogen-bond donors (Lipinski definition) is 0. The number of methoxy groups -OCH3 is 2. The molecule has 29 heavy (non-hydrogen) atoms. The highest BCUT2D eigenvalue weighted by Gasteiger charge is 2.18. The fourth-order valence-corrected chi connectivity index (χ4v) is 3.62. The molecule has 152 valence electrons. The third-order valence-electron chi connectivity index (χ3n) is 4.78. The van der Waals surface area contributed by atoms with Gasteiger partial charge in [-0.25, -0.2) is 0 Å². The fraction of sp³-hybridized carbons (Fsp3) is 0.273.